The zero-order chi connectivity index (χ0) is 25.2. The molecule has 1 aliphatic carbocycles. The Balaban J connectivity index is 1.17. The number of halogens is 1. The van der Waals surface area contributed by atoms with Crippen molar-refractivity contribution in [1.29, 1.82) is 0 Å². The predicted octanol–water partition coefficient (Wildman–Crippen LogP) is 6.22. The Bertz CT molecular complexity index is 1280. The summed E-state index contributed by atoms with van der Waals surface area (Å²) in [6, 6.07) is 17.9. The van der Waals surface area contributed by atoms with Crippen molar-refractivity contribution in [3.63, 3.8) is 0 Å². The van der Waals surface area contributed by atoms with Crippen LogP contribution in [0.2, 0.25) is 5.02 Å². The first-order valence-electron chi connectivity index (χ1n) is 13.3. The van der Waals surface area contributed by atoms with Crippen molar-refractivity contribution in [2.45, 2.75) is 44.3 Å². The number of likely N-dealkylation sites (tertiary alicyclic amines) is 1. The van der Waals surface area contributed by atoms with Gasteiger partial charge in [-0.15, -0.1) is 0 Å². The first-order valence-corrected chi connectivity index (χ1v) is 13.7. The third-order valence-corrected chi connectivity index (χ3v) is 8.08. The molecule has 2 fully saturated rings. The third kappa shape index (κ3) is 5.54. The molecule has 0 bridgehead atoms. The summed E-state index contributed by atoms with van der Waals surface area (Å²) >= 11 is 6.04. The first-order chi connectivity index (χ1) is 18.1. The third-order valence-electron chi connectivity index (χ3n) is 7.83. The molecule has 6 heteroatoms. The van der Waals surface area contributed by atoms with Gasteiger partial charge in [0.15, 0.2) is 0 Å². The Kier molecular flexibility index (Phi) is 6.94. The molecule has 1 saturated carbocycles. The van der Waals surface area contributed by atoms with Gasteiger partial charge in [0.05, 0.1) is 17.9 Å². The van der Waals surface area contributed by atoms with Gasteiger partial charge in [-0.1, -0.05) is 35.9 Å². The van der Waals surface area contributed by atoms with E-state index in [2.05, 4.69) is 28.1 Å². The summed E-state index contributed by atoms with van der Waals surface area (Å²) in [4.78, 5) is 7.05. The number of pyridine rings is 1. The van der Waals surface area contributed by atoms with Gasteiger partial charge in [-0.3, -0.25) is 4.98 Å². The van der Waals surface area contributed by atoms with Crippen LogP contribution in [-0.2, 0) is 12.2 Å². The zero-order valence-electron chi connectivity index (χ0n) is 21.0. The maximum Gasteiger partial charge on any atom is 0.131 e. The highest BCUT2D eigenvalue weighted by Crippen LogP contribution is 2.39. The van der Waals surface area contributed by atoms with Crippen LogP contribution in [0, 0.1) is 5.92 Å². The molecule has 0 spiro atoms. The van der Waals surface area contributed by atoms with Gasteiger partial charge in [0.1, 0.15) is 18.1 Å². The Morgan fingerprint density at radius 3 is 2.68 bits per heavy atom. The van der Waals surface area contributed by atoms with E-state index in [1.807, 2.05) is 48.7 Å². The van der Waals surface area contributed by atoms with E-state index in [0.717, 1.165) is 85.0 Å². The number of benzene rings is 2. The molecule has 37 heavy (non-hydrogen) atoms. The molecule has 5 nitrogen and oxygen atoms in total. The Labute approximate surface area is 223 Å². The number of fused-ring (bicyclic) bond motifs is 2. The highest BCUT2D eigenvalue weighted by molar-refractivity contribution is 6.30. The van der Waals surface area contributed by atoms with E-state index in [0.29, 0.717) is 17.5 Å². The average molecular weight is 517 g/mol. The summed E-state index contributed by atoms with van der Waals surface area (Å²) in [7, 11) is 0. The number of nitrogens with zero attached hydrogens (tertiary/aromatic N) is 2. The van der Waals surface area contributed by atoms with Gasteiger partial charge in [0, 0.05) is 42.0 Å². The molecule has 1 N–H and O–H groups in total. The van der Waals surface area contributed by atoms with Crippen LogP contribution >= 0.6 is 11.6 Å². The largest absolute Gasteiger partial charge is 0.493 e. The fourth-order valence-corrected chi connectivity index (χ4v) is 5.46. The van der Waals surface area contributed by atoms with E-state index >= 15 is 0 Å². The smallest absolute Gasteiger partial charge is 0.131 e. The van der Waals surface area contributed by atoms with Gasteiger partial charge < -0.3 is 19.5 Å². The van der Waals surface area contributed by atoms with Gasteiger partial charge in [-0.25, -0.2) is 0 Å². The summed E-state index contributed by atoms with van der Waals surface area (Å²) in [6.07, 6.45) is 9.02. The highest BCUT2D eigenvalue weighted by Gasteiger charge is 2.33. The van der Waals surface area contributed by atoms with Crippen LogP contribution < -0.4 is 9.47 Å². The van der Waals surface area contributed by atoms with Gasteiger partial charge in [0.25, 0.3) is 0 Å². The lowest BCUT2D eigenvalue weighted by Gasteiger charge is -2.38. The summed E-state index contributed by atoms with van der Waals surface area (Å²) in [5.41, 5.74) is 4.47. The van der Waals surface area contributed by atoms with Crippen molar-refractivity contribution >= 4 is 17.2 Å². The number of ether oxygens (including phenoxy) is 2. The van der Waals surface area contributed by atoms with Crippen LogP contribution in [0.3, 0.4) is 0 Å². The second-order valence-electron chi connectivity index (χ2n) is 10.5. The maximum absolute atomic E-state index is 11.2. The van der Waals surface area contributed by atoms with E-state index in [1.54, 1.807) is 0 Å². The average Bonchev–Trinajstić information content (AvgIpc) is 3.76. The van der Waals surface area contributed by atoms with Crippen LogP contribution in [0.4, 0.5) is 0 Å². The molecular weight excluding hydrogens is 484 g/mol. The maximum atomic E-state index is 11.2. The van der Waals surface area contributed by atoms with Crippen LogP contribution in [0.1, 0.15) is 54.5 Å². The van der Waals surface area contributed by atoms with Crippen LogP contribution in [0.25, 0.3) is 5.57 Å². The second kappa shape index (κ2) is 10.5. The number of aromatic nitrogens is 1. The van der Waals surface area contributed by atoms with Crippen molar-refractivity contribution < 1.29 is 14.6 Å². The van der Waals surface area contributed by atoms with E-state index in [9.17, 15) is 5.11 Å². The number of aliphatic hydroxyl groups is 1. The minimum absolute atomic E-state index is 0.457. The summed E-state index contributed by atoms with van der Waals surface area (Å²) in [5, 5.41) is 11.9. The van der Waals surface area contributed by atoms with Crippen molar-refractivity contribution in [3.8, 4) is 11.5 Å². The SMILES string of the molecule is OC1(c2ccc(Cl)cc2)CCN(CCC=C2c3cc(OCC4CC4)ccc3OCc3ncccc32)CC1. The van der Waals surface area contributed by atoms with Crippen molar-refractivity contribution in [2.75, 3.05) is 26.2 Å². The summed E-state index contributed by atoms with van der Waals surface area (Å²) in [6.45, 7) is 3.90. The van der Waals surface area contributed by atoms with E-state index in [-0.39, 0.29) is 0 Å². The van der Waals surface area contributed by atoms with E-state index in [4.69, 9.17) is 21.1 Å². The van der Waals surface area contributed by atoms with Gasteiger partial charge >= 0.3 is 0 Å². The number of piperidine rings is 1. The van der Waals surface area contributed by atoms with Gasteiger partial charge in [-0.2, -0.15) is 0 Å². The lowest BCUT2D eigenvalue weighted by Crippen LogP contribution is -2.42. The second-order valence-corrected chi connectivity index (χ2v) is 10.9. The predicted molar refractivity (Wildman–Crippen MR) is 146 cm³/mol. The fourth-order valence-electron chi connectivity index (χ4n) is 5.33. The molecule has 0 amide bonds. The quantitative estimate of drug-likeness (QED) is 0.404. The number of rotatable bonds is 7. The Morgan fingerprint density at radius 1 is 1.08 bits per heavy atom. The molecule has 1 aromatic heterocycles. The lowest BCUT2D eigenvalue weighted by atomic mass is 9.84. The lowest BCUT2D eigenvalue weighted by molar-refractivity contribution is -0.0254. The monoisotopic (exact) mass is 516 g/mol. The summed E-state index contributed by atoms with van der Waals surface area (Å²) in [5.74, 6) is 2.47. The molecule has 0 radical (unpaired) electrons. The molecule has 0 unspecified atom stereocenters. The molecular formula is C31H33ClN2O3. The molecule has 192 valence electrons. The highest BCUT2D eigenvalue weighted by atomic mass is 35.5. The van der Waals surface area contributed by atoms with Crippen LogP contribution in [-0.4, -0.2) is 41.2 Å². The summed E-state index contributed by atoms with van der Waals surface area (Å²) < 4.78 is 12.3. The zero-order valence-corrected chi connectivity index (χ0v) is 21.8. The minimum atomic E-state index is -0.779. The molecule has 0 atom stereocenters. The van der Waals surface area contributed by atoms with E-state index in [1.165, 1.54) is 12.8 Å². The number of hydrogen-bond acceptors (Lipinski definition) is 5. The first kappa shape index (κ1) is 24.5. The molecule has 3 aromatic rings. The normalized spacial score (nSPS) is 20.0. The standard InChI is InChI=1S/C31H33ClN2O3/c32-24-9-7-23(8-10-24)31(35)13-17-34(18-14-31)16-2-4-26-27-3-1-15-33-29(27)21-37-30-12-11-25(19-28(26)30)36-20-22-5-6-22/h1,3-4,7-12,15,19,22,35H,2,5-6,13-14,16-18,20-21H2. The Hall–Kier alpha value is -2.86. The molecule has 6 rings (SSSR count). The van der Waals surface area contributed by atoms with Gasteiger partial charge in [-0.05, 0) is 85.6 Å². The number of hydrogen-bond donors (Lipinski definition) is 1. The Morgan fingerprint density at radius 2 is 1.89 bits per heavy atom. The van der Waals surface area contributed by atoms with Crippen LogP contribution in [0.5, 0.6) is 11.5 Å². The van der Waals surface area contributed by atoms with Crippen LogP contribution in [0.15, 0.2) is 66.9 Å². The van der Waals surface area contributed by atoms with Crippen molar-refractivity contribution in [1.82, 2.24) is 9.88 Å². The molecule has 3 heterocycles. The van der Waals surface area contributed by atoms with Crippen molar-refractivity contribution in [3.05, 3.63) is 94.3 Å². The topological polar surface area (TPSA) is 54.8 Å². The molecule has 3 aliphatic rings. The van der Waals surface area contributed by atoms with Crippen molar-refractivity contribution in [2.24, 2.45) is 5.92 Å². The molecule has 2 aliphatic heterocycles. The minimum Gasteiger partial charge on any atom is -0.493 e. The van der Waals surface area contributed by atoms with E-state index < -0.39 is 5.60 Å². The molecule has 1 saturated heterocycles. The van der Waals surface area contributed by atoms with Gasteiger partial charge in [0.2, 0.25) is 0 Å². The molecule has 2 aromatic carbocycles. The fraction of sp³-hybridized carbons (Fsp3) is 0.387.